The highest BCUT2D eigenvalue weighted by Gasteiger charge is 2.37. The largest absolute Gasteiger partial charge is 0.340 e. The van der Waals surface area contributed by atoms with Crippen LogP contribution in [-0.2, 0) is 14.6 Å². The molecule has 1 amide bonds. The summed E-state index contributed by atoms with van der Waals surface area (Å²) in [6, 6.07) is 0. The van der Waals surface area contributed by atoms with Crippen LogP contribution in [0.3, 0.4) is 0 Å². The van der Waals surface area contributed by atoms with Crippen molar-refractivity contribution >= 4 is 15.7 Å². The zero-order valence-electron chi connectivity index (χ0n) is 12.0. The Hall–Kier alpha value is -0.660. The van der Waals surface area contributed by atoms with Crippen LogP contribution in [0.5, 0.6) is 0 Å². The molecular formula is C13H25N3O3S. The molecule has 2 aliphatic heterocycles. The molecule has 0 radical (unpaired) electrons. The van der Waals surface area contributed by atoms with E-state index in [2.05, 4.69) is 4.90 Å². The van der Waals surface area contributed by atoms with E-state index >= 15 is 0 Å². The second-order valence-electron chi connectivity index (χ2n) is 5.66. The Balaban J connectivity index is 1.98. The molecule has 6 nitrogen and oxygen atoms in total. The van der Waals surface area contributed by atoms with Gasteiger partial charge in [-0.05, 0) is 25.8 Å². The van der Waals surface area contributed by atoms with Gasteiger partial charge in [0, 0.05) is 32.7 Å². The van der Waals surface area contributed by atoms with E-state index in [1.807, 2.05) is 0 Å². The average molecular weight is 303 g/mol. The molecule has 0 aromatic carbocycles. The molecule has 0 saturated carbocycles. The highest BCUT2D eigenvalue weighted by molar-refractivity contribution is 7.92. The molecule has 2 saturated heterocycles. The molecule has 2 heterocycles. The van der Waals surface area contributed by atoms with E-state index in [9.17, 15) is 13.2 Å². The van der Waals surface area contributed by atoms with Crippen LogP contribution in [0.25, 0.3) is 0 Å². The van der Waals surface area contributed by atoms with Crippen molar-refractivity contribution in [2.45, 2.75) is 30.9 Å². The van der Waals surface area contributed by atoms with E-state index < -0.39 is 15.1 Å². The predicted octanol–water partition coefficient (Wildman–Crippen LogP) is -0.553. The topological polar surface area (TPSA) is 83.7 Å². The molecule has 0 aliphatic carbocycles. The fraction of sp³-hybridized carbons (Fsp3) is 0.923. The second-order valence-corrected chi connectivity index (χ2v) is 7.96. The van der Waals surface area contributed by atoms with Gasteiger partial charge in [-0.2, -0.15) is 0 Å². The number of hydrogen-bond donors (Lipinski definition) is 1. The van der Waals surface area contributed by atoms with Gasteiger partial charge in [-0.15, -0.1) is 0 Å². The minimum Gasteiger partial charge on any atom is -0.340 e. The maximum atomic E-state index is 12.5. The Morgan fingerprint density at radius 2 is 1.90 bits per heavy atom. The van der Waals surface area contributed by atoms with Crippen LogP contribution < -0.4 is 5.73 Å². The highest BCUT2D eigenvalue weighted by atomic mass is 32.2. The molecule has 1 unspecified atom stereocenters. The molecule has 0 aromatic heterocycles. The summed E-state index contributed by atoms with van der Waals surface area (Å²) in [4.78, 5) is 16.5. The van der Waals surface area contributed by atoms with Crippen LogP contribution in [0, 0.1) is 0 Å². The fourth-order valence-corrected chi connectivity index (χ4v) is 4.91. The van der Waals surface area contributed by atoms with E-state index in [0.29, 0.717) is 32.5 Å². The van der Waals surface area contributed by atoms with Gasteiger partial charge in [0.2, 0.25) is 5.91 Å². The van der Waals surface area contributed by atoms with Gasteiger partial charge in [0.1, 0.15) is 5.25 Å². The first-order valence-electron chi connectivity index (χ1n) is 7.47. The first-order valence-corrected chi connectivity index (χ1v) is 9.19. The number of carbonyl (C=O) groups excluding carboxylic acids is 1. The van der Waals surface area contributed by atoms with Gasteiger partial charge >= 0.3 is 0 Å². The molecule has 1 atom stereocenters. The number of carbonyl (C=O) groups is 1. The number of sulfone groups is 1. The Labute approximate surface area is 121 Å². The summed E-state index contributed by atoms with van der Waals surface area (Å²) in [5, 5.41) is -0.794. The number of nitrogens with two attached hydrogens (primary N) is 1. The van der Waals surface area contributed by atoms with Gasteiger partial charge in [-0.25, -0.2) is 8.42 Å². The lowest BCUT2D eigenvalue weighted by Crippen LogP contribution is -2.46. The summed E-state index contributed by atoms with van der Waals surface area (Å²) in [5.41, 5.74) is 5.56. The van der Waals surface area contributed by atoms with Crippen molar-refractivity contribution in [1.82, 2.24) is 9.80 Å². The minimum atomic E-state index is -3.23. The van der Waals surface area contributed by atoms with Gasteiger partial charge in [-0.3, -0.25) is 4.79 Å². The number of rotatable bonds is 3. The van der Waals surface area contributed by atoms with E-state index in [-0.39, 0.29) is 11.7 Å². The summed E-state index contributed by atoms with van der Waals surface area (Å²) in [5.74, 6) is -0.0180. The zero-order valence-corrected chi connectivity index (χ0v) is 12.8. The molecule has 7 heteroatoms. The minimum absolute atomic E-state index is 0.163. The van der Waals surface area contributed by atoms with Crippen molar-refractivity contribution in [3.8, 4) is 0 Å². The van der Waals surface area contributed by atoms with Gasteiger partial charge in [-0.1, -0.05) is 6.42 Å². The van der Waals surface area contributed by atoms with E-state index in [0.717, 1.165) is 32.5 Å². The van der Waals surface area contributed by atoms with Crippen LogP contribution in [0.4, 0.5) is 0 Å². The normalized spacial score (nSPS) is 28.1. The maximum Gasteiger partial charge on any atom is 0.240 e. The molecule has 0 bridgehead atoms. The summed E-state index contributed by atoms with van der Waals surface area (Å²) < 4.78 is 24.1. The highest BCUT2D eigenvalue weighted by Crippen LogP contribution is 2.22. The van der Waals surface area contributed by atoms with Crippen molar-refractivity contribution in [2.75, 3.05) is 45.0 Å². The lowest BCUT2D eigenvalue weighted by Gasteiger charge is -2.28. The molecule has 0 aromatic rings. The second kappa shape index (κ2) is 6.87. The molecular weight excluding hydrogens is 278 g/mol. The molecule has 2 fully saturated rings. The number of hydrogen-bond acceptors (Lipinski definition) is 5. The summed E-state index contributed by atoms with van der Waals surface area (Å²) in [7, 11) is -3.23. The van der Waals surface area contributed by atoms with E-state index in [1.165, 1.54) is 0 Å². The smallest absolute Gasteiger partial charge is 0.240 e. The quantitative estimate of drug-likeness (QED) is 0.756. The zero-order chi connectivity index (χ0) is 14.6. The van der Waals surface area contributed by atoms with E-state index in [1.54, 1.807) is 4.90 Å². The van der Waals surface area contributed by atoms with Crippen LogP contribution in [0.15, 0.2) is 0 Å². The van der Waals surface area contributed by atoms with Gasteiger partial charge in [0.05, 0.1) is 5.75 Å². The van der Waals surface area contributed by atoms with Crippen LogP contribution >= 0.6 is 0 Å². The summed E-state index contributed by atoms with van der Waals surface area (Å²) in [6.07, 6.45) is 2.90. The van der Waals surface area contributed by atoms with Crippen molar-refractivity contribution in [3.05, 3.63) is 0 Å². The van der Waals surface area contributed by atoms with Gasteiger partial charge in [0.25, 0.3) is 0 Å². The van der Waals surface area contributed by atoms with Crippen molar-refractivity contribution in [3.63, 3.8) is 0 Å². The first kappa shape index (κ1) is 15.7. The van der Waals surface area contributed by atoms with Crippen LogP contribution in [0.2, 0.25) is 0 Å². The standard InChI is InChI=1S/C13H25N3O3S/c14-5-8-15-6-3-7-16(10-9-15)13(17)12-4-1-2-11-20(12,18)19/h12H,1-11,14H2. The third kappa shape index (κ3) is 3.71. The average Bonchev–Trinajstić information content (AvgIpc) is 2.64. The molecule has 2 aliphatic rings. The van der Waals surface area contributed by atoms with Gasteiger partial charge in [0.15, 0.2) is 9.84 Å². The van der Waals surface area contributed by atoms with Gasteiger partial charge < -0.3 is 15.5 Å². The molecule has 0 spiro atoms. The SMILES string of the molecule is NCCN1CCCN(C(=O)C2CCCCS2(=O)=O)CC1. The Morgan fingerprint density at radius 1 is 1.10 bits per heavy atom. The molecule has 2 rings (SSSR count). The monoisotopic (exact) mass is 303 g/mol. The predicted molar refractivity (Wildman–Crippen MR) is 78.1 cm³/mol. The third-order valence-electron chi connectivity index (χ3n) is 4.20. The number of nitrogens with zero attached hydrogens (tertiary/aromatic N) is 2. The van der Waals surface area contributed by atoms with Crippen molar-refractivity contribution < 1.29 is 13.2 Å². The summed E-state index contributed by atoms with van der Waals surface area (Å²) in [6.45, 7) is 4.44. The lowest BCUT2D eigenvalue weighted by molar-refractivity contribution is -0.130. The van der Waals surface area contributed by atoms with Crippen LogP contribution in [-0.4, -0.2) is 74.4 Å². The van der Waals surface area contributed by atoms with Crippen molar-refractivity contribution in [2.24, 2.45) is 5.73 Å². The first-order chi connectivity index (χ1) is 9.54. The Bertz CT molecular complexity index is 438. The van der Waals surface area contributed by atoms with E-state index in [4.69, 9.17) is 5.73 Å². The van der Waals surface area contributed by atoms with Crippen LogP contribution in [0.1, 0.15) is 25.7 Å². The molecule has 116 valence electrons. The fourth-order valence-electron chi connectivity index (χ4n) is 3.03. The third-order valence-corrected chi connectivity index (χ3v) is 6.36. The summed E-state index contributed by atoms with van der Waals surface area (Å²) >= 11 is 0. The Morgan fingerprint density at radius 3 is 2.60 bits per heavy atom. The van der Waals surface area contributed by atoms with Crippen molar-refractivity contribution in [1.29, 1.82) is 0 Å². The molecule has 2 N–H and O–H groups in total. The molecule has 20 heavy (non-hydrogen) atoms. The maximum absolute atomic E-state index is 12.5. The Kier molecular flexibility index (Phi) is 5.40. The number of amides is 1. The lowest BCUT2D eigenvalue weighted by atomic mass is 10.1.